The predicted octanol–water partition coefficient (Wildman–Crippen LogP) is 3.68. The Morgan fingerprint density at radius 3 is 2.47 bits per heavy atom. The molecule has 2 aromatic carbocycles. The number of hydrogen-bond acceptors (Lipinski definition) is 4. The molecule has 0 aliphatic rings. The summed E-state index contributed by atoms with van der Waals surface area (Å²) in [6.07, 6.45) is 0.658. The molecule has 0 spiro atoms. The van der Waals surface area contributed by atoms with E-state index >= 15 is 0 Å². The summed E-state index contributed by atoms with van der Waals surface area (Å²) in [5, 5.41) is 4.86. The predicted molar refractivity (Wildman–Crippen MR) is 115 cm³/mol. The zero-order valence-corrected chi connectivity index (χ0v) is 17.9. The highest BCUT2D eigenvalue weighted by atomic mass is 35.5. The second-order valence-electron chi connectivity index (χ2n) is 6.93. The molecule has 8 heteroatoms. The molecule has 0 radical (unpaired) electrons. The van der Waals surface area contributed by atoms with Crippen molar-refractivity contribution in [3.05, 3.63) is 76.1 Å². The van der Waals surface area contributed by atoms with Gasteiger partial charge in [0, 0.05) is 5.02 Å². The van der Waals surface area contributed by atoms with Gasteiger partial charge in [0.1, 0.15) is 5.75 Å². The number of halogens is 1. The lowest BCUT2D eigenvalue weighted by Crippen LogP contribution is -2.47. The van der Waals surface area contributed by atoms with Crippen molar-refractivity contribution in [2.75, 3.05) is 0 Å². The molecule has 1 atom stereocenters. The topological polar surface area (TPSA) is 85.2 Å². The Morgan fingerprint density at radius 1 is 1.07 bits per heavy atom. The fourth-order valence-electron chi connectivity index (χ4n) is 2.86. The van der Waals surface area contributed by atoms with Crippen LogP contribution >= 0.6 is 11.6 Å². The third-order valence-electron chi connectivity index (χ3n) is 4.85. The molecule has 3 rings (SSSR count). The van der Waals surface area contributed by atoms with E-state index in [1.54, 1.807) is 48.9 Å². The number of carbonyl (C=O) groups excluding carboxylic acids is 2. The number of carbonyl (C=O) groups is 2. The molecule has 0 saturated carbocycles. The molecule has 1 unspecified atom stereocenters. The number of benzene rings is 2. The van der Waals surface area contributed by atoms with Gasteiger partial charge in [0.05, 0.1) is 23.1 Å². The Bertz CT molecular complexity index is 1080. The molecule has 0 fully saturated rings. The fraction of sp³-hybridized carbons (Fsp3) is 0.227. The number of nitrogens with zero attached hydrogens (tertiary/aromatic N) is 2. The third kappa shape index (κ3) is 4.63. The van der Waals surface area contributed by atoms with Gasteiger partial charge in [0.25, 0.3) is 11.8 Å². The summed E-state index contributed by atoms with van der Waals surface area (Å²) in [6.45, 7) is 7.29. The minimum atomic E-state index is -0.788. The summed E-state index contributed by atoms with van der Waals surface area (Å²) in [5.74, 6) is -0.309. The van der Waals surface area contributed by atoms with Crippen LogP contribution in [-0.2, 0) is 4.79 Å². The summed E-state index contributed by atoms with van der Waals surface area (Å²) >= 11 is 5.91. The Labute approximate surface area is 180 Å². The lowest BCUT2D eigenvalue weighted by molar-refractivity contribution is -0.128. The minimum Gasteiger partial charge on any atom is -0.481 e. The normalized spacial score (nSPS) is 11.6. The molecule has 0 aliphatic carbocycles. The Balaban J connectivity index is 1.62. The minimum absolute atomic E-state index is 0.341. The van der Waals surface area contributed by atoms with Crippen LogP contribution in [0.4, 0.5) is 0 Å². The van der Waals surface area contributed by atoms with Crippen LogP contribution in [0.2, 0.25) is 5.02 Å². The smallest absolute Gasteiger partial charge is 0.279 e. The largest absolute Gasteiger partial charge is 0.481 e. The van der Waals surface area contributed by atoms with E-state index in [1.807, 2.05) is 26.0 Å². The number of hydrogen-bond donors (Lipinski definition) is 2. The highest BCUT2D eigenvalue weighted by molar-refractivity contribution is 6.30. The standard InChI is InChI=1S/C22H23ClN4O3/c1-13-6-5-7-20(14(13)2)30-16(4)21(28)25-26-22(29)19-12-24-27(15(19)3)18-10-8-17(23)9-11-18/h5-12,16H,1-4H3,(H,25,28)(H,26,29). The number of aromatic nitrogens is 2. The zero-order valence-electron chi connectivity index (χ0n) is 17.2. The molecule has 0 saturated heterocycles. The number of aryl methyl sites for hydroxylation is 1. The molecule has 2 amide bonds. The summed E-state index contributed by atoms with van der Waals surface area (Å²) < 4.78 is 7.35. The van der Waals surface area contributed by atoms with E-state index in [1.165, 1.54) is 6.20 Å². The van der Waals surface area contributed by atoms with Crippen molar-refractivity contribution in [2.24, 2.45) is 0 Å². The molecule has 30 heavy (non-hydrogen) atoms. The average Bonchev–Trinajstić information content (AvgIpc) is 3.11. The number of rotatable bonds is 5. The second-order valence-corrected chi connectivity index (χ2v) is 7.37. The lowest BCUT2D eigenvalue weighted by Gasteiger charge is -2.17. The van der Waals surface area contributed by atoms with Crippen LogP contribution in [0.3, 0.4) is 0 Å². The van der Waals surface area contributed by atoms with Gasteiger partial charge in [-0.05, 0) is 69.2 Å². The van der Waals surface area contributed by atoms with Crippen LogP contribution in [0, 0.1) is 20.8 Å². The lowest BCUT2D eigenvalue weighted by atomic mass is 10.1. The van der Waals surface area contributed by atoms with Gasteiger partial charge in [-0.25, -0.2) is 4.68 Å². The number of amides is 2. The van der Waals surface area contributed by atoms with Crippen LogP contribution in [0.15, 0.2) is 48.7 Å². The molecule has 1 heterocycles. The Kier molecular flexibility index (Phi) is 6.42. The van der Waals surface area contributed by atoms with E-state index in [0.29, 0.717) is 22.0 Å². The second kappa shape index (κ2) is 9.00. The van der Waals surface area contributed by atoms with Crippen molar-refractivity contribution in [1.82, 2.24) is 20.6 Å². The van der Waals surface area contributed by atoms with Gasteiger partial charge >= 0.3 is 0 Å². The summed E-state index contributed by atoms with van der Waals surface area (Å²) in [7, 11) is 0. The SMILES string of the molecule is Cc1cccc(OC(C)C(=O)NNC(=O)c2cnn(-c3ccc(Cl)cc3)c2C)c1C. The average molecular weight is 427 g/mol. The first-order chi connectivity index (χ1) is 14.3. The molecule has 2 N–H and O–H groups in total. The van der Waals surface area contributed by atoms with Crippen molar-refractivity contribution in [2.45, 2.75) is 33.8 Å². The first-order valence-electron chi connectivity index (χ1n) is 9.41. The van der Waals surface area contributed by atoms with E-state index < -0.39 is 17.9 Å². The van der Waals surface area contributed by atoms with E-state index in [9.17, 15) is 9.59 Å². The monoisotopic (exact) mass is 426 g/mol. The molecule has 1 aromatic heterocycles. The summed E-state index contributed by atoms with van der Waals surface area (Å²) in [5.41, 5.74) is 8.59. The van der Waals surface area contributed by atoms with E-state index in [2.05, 4.69) is 16.0 Å². The first kappa shape index (κ1) is 21.4. The zero-order chi connectivity index (χ0) is 21.8. The maximum atomic E-state index is 12.5. The number of ether oxygens (including phenoxy) is 1. The molecular weight excluding hydrogens is 404 g/mol. The molecule has 156 valence electrons. The quantitative estimate of drug-likeness (QED) is 0.609. The molecule has 7 nitrogen and oxygen atoms in total. The fourth-order valence-corrected chi connectivity index (χ4v) is 2.98. The van der Waals surface area contributed by atoms with Crippen LogP contribution in [-0.4, -0.2) is 27.7 Å². The Morgan fingerprint density at radius 2 is 1.77 bits per heavy atom. The maximum absolute atomic E-state index is 12.5. The van der Waals surface area contributed by atoms with E-state index in [-0.39, 0.29) is 0 Å². The van der Waals surface area contributed by atoms with Crippen molar-refractivity contribution in [1.29, 1.82) is 0 Å². The van der Waals surface area contributed by atoms with Gasteiger partial charge in [0.2, 0.25) is 0 Å². The van der Waals surface area contributed by atoms with Gasteiger partial charge in [-0.2, -0.15) is 5.10 Å². The summed E-state index contributed by atoms with van der Waals surface area (Å²) in [4.78, 5) is 24.8. The molecule has 0 bridgehead atoms. The first-order valence-corrected chi connectivity index (χ1v) is 9.79. The van der Waals surface area contributed by atoms with Crippen LogP contribution in [0.25, 0.3) is 5.69 Å². The van der Waals surface area contributed by atoms with E-state index in [0.717, 1.165) is 16.8 Å². The number of hydrazine groups is 1. The number of nitrogens with one attached hydrogen (secondary N) is 2. The van der Waals surface area contributed by atoms with Gasteiger partial charge < -0.3 is 4.74 Å². The molecule has 0 aliphatic heterocycles. The van der Waals surface area contributed by atoms with Crippen LogP contribution in [0.1, 0.15) is 34.1 Å². The van der Waals surface area contributed by atoms with Crippen molar-refractivity contribution in [3.63, 3.8) is 0 Å². The highest BCUT2D eigenvalue weighted by Crippen LogP contribution is 2.21. The van der Waals surface area contributed by atoms with Crippen molar-refractivity contribution < 1.29 is 14.3 Å². The van der Waals surface area contributed by atoms with Gasteiger partial charge in [-0.1, -0.05) is 23.7 Å². The van der Waals surface area contributed by atoms with Gasteiger partial charge in [-0.3, -0.25) is 20.4 Å². The van der Waals surface area contributed by atoms with E-state index in [4.69, 9.17) is 16.3 Å². The van der Waals surface area contributed by atoms with Crippen molar-refractivity contribution in [3.8, 4) is 11.4 Å². The highest BCUT2D eigenvalue weighted by Gasteiger charge is 2.19. The molecule has 3 aromatic rings. The van der Waals surface area contributed by atoms with Crippen LogP contribution in [0.5, 0.6) is 5.75 Å². The van der Waals surface area contributed by atoms with Crippen LogP contribution < -0.4 is 15.6 Å². The maximum Gasteiger partial charge on any atom is 0.279 e. The molecular formula is C22H23ClN4O3. The summed E-state index contributed by atoms with van der Waals surface area (Å²) in [6, 6.07) is 12.7. The van der Waals surface area contributed by atoms with Gasteiger partial charge in [0.15, 0.2) is 6.10 Å². The van der Waals surface area contributed by atoms with Gasteiger partial charge in [-0.15, -0.1) is 0 Å². The van der Waals surface area contributed by atoms with Crippen molar-refractivity contribution >= 4 is 23.4 Å². The third-order valence-corrected chi connectivity index (χ3v) is 5.10. The Hall–Kier alpha value is -3.32.